The highest BCUT2D eigenvalue weighted by atomic mass is 32.1. The third-order valence-corrected chi connectivity index (χ3v) is 6.32. The molecule has 6 nitrogen and oxygen atoms in total. The summed E-state index contributed by atoms with van der Waals surface area (Å²) in [6.07, 6.45) is 0. The Kier molecular flexibility index (Phi) is 5.28. The summed E-state index contributed by atoms with van der Waals surface area (Å²) >= 11 is 1.65. The number of aliphatic carboxylic acids is 1. The molecule has 4 aromatic rings. The van der Waals surface area contributed by atoms with Gasteiger partial charge in [0.1, 0.15) is 17.2 Å². The minimum atomic E-state index is -0.710. The van der Waals surface area contributed by atoms with E-state index >= 15 is 0 Å². The highest BCUT2D eigenvalue weighted by molar-refractivity contribution is 7.15. The number of aromatic nitrogens is 1. The van der Waals surface area contributed by atoms with Gasteiger partial charge in [0.25, 0.3) is 0 Å². The van der Waals surface area contributed by atoms with Crippen molar-refractivity contribution >= 4 is 17.3 Å². The lowest BCUT2D eigenvalue weighted by Crippen LogP contribution is -2.49. The Hall–Kier alpha value is -3.42. The molecule has 0 saturated carbocycles. The summed E-state index contributed by atoms with van der Waals surface area (Å²) in [5.74, 6) is 1.30. The largest absolute Gasteiger partial charge is 0.481 e. The SMILES string of the molecule is O=C(O)C1CN(Cc2ccc(-c3cc(-c4ccc(Oc5ccccc5)cc4)on3)s2)C1. The molecule has 1 saturated heterocycles. The van der Waals surface area contributed by atoms with E-state index in [-0.39, 0.29) is 5.92 Å². The Morgan fingerprint density at radius 2 is 1.81 bits per heavy atom. The number of rotatable bonds is 7. The predicted octanol–water partition coefficient (Wildman–Crippen LogP) is 5.38. The van der Waals surface area contributed by atoms with E-state index in [4.69, 9.17) is 14.4 Å². The van der Waals surface area contributed by atoms with Gasteiger partial charge in [0.2, 0.25) is 0 Å². The number of benzene rings is 2. The number of carboxylic acids is 1. The zero-order valence-corrected chi connectivity index (χ0v) is 17.4. The monoisotopic (exact) mass is 432 g/mol. The van der Waals surface area contributed by atoms with Crippen molar-refractivity contribution in [2.24, 2.45) is 5.92 Å². The van der Waals surface area contributed by atoms with E-state index in [2.05, 4.69) is 16.1 Å². The van der Waals surface area contributed by atoms with Gasteiger partial charge < -0.3 is 14.4 Å². The second-order valence-corrected chi connectivity index (χ2v) is 8.68. The minimum absolute atomic E-state index is 0.234. The maximum Gasteiger partial charge on any atom is 0.309 e. The van der Waals surface area contributed by atoms with Gasteiger partial charge in [0.05, 0.1) is 10.8 Å². The van der Waals surface area contributed by atoms with Crippen molar-refractivity contribution in [3.63, 3.8) is 0 Å². The molecule has 0 bridgehead atoms. The van der Waals surface area contributed by atoms with Crippen LogP contribution in [0.3, 0.4) is 0 Å². The number of thiophene rings is 1. The molecular weight excluding hydrogens is 412 g/mol. The highest BCUT2D eigenvalue weighted by Crippen LogP contribution is 2.33. The summed E-state index contributed by atoms with van der Waals surface area (Å²) in [5, 5.41) is 13.2. The molecule has 1 aliphatic rings. The summed E-state index contributed by atoms with van der Waals surface area (Å²) in [6, 6.07) is 23.4. The lowest BCUT2D eigenvalue weighted by atomic mass is 10.0. The van der Waals surface area contributed by atoms with E-state index in [1.165, 1.54) is 4.88 Å². The number of carbonyl (C=O) groups is 1. The van der Waals surface area contributed by atoms with Crippen LogP contribution in [-0.2, 0) is 11.3 Å². The van der Waals surface area contributed by atoms with Crippen molar-refractivity contribution in [1.82, 2.24) is 10.1 Å². The summed E-state index contributed by atoms with van der Waals surface area (Å²) in [5.41, 5.74) is 1.72. The molecule has 31 heavy (non-hydrogen) atoms. The minimum Gasteiger partial charge on any atom is -0.481 e. The predicted molar refractivity (Wildman–Crippen MR) is 118 cm³/mol. The van der Waals surface area contributed by atoms with Crippen LogP contribution in [0.25, 0.3) is 21.9 Å². The number of likely N-dealkylation sites (tertiary alicyclic amines) is 1. The maximum atomic E-state index is 10.9. The zero-order chi connectivity index (χ0) is 21.2. The Balaban J connectivity index is 1.23. The molecule has 3 heterocycles. The molecule has 5 rings (SSSR count). The first-order chi connectivity index (χ1) is 15.1. The summed E-state index contributed by atoms with van der Waals surface area (Å²) in [4.78, 5) is 15.3. The van der Waals surface area contributed by atoms with E-state index in [0.29, 0.717) is 18.8 Å². The van der Waals surface area contributed by atoms with E-state index in [9.17, 15) is 4.79 Å². The third kappa shape index (κ3) is 4.38. The van der Waals surface area contributed by atoms with Gasteiger partial charge in [-0.05, 0) is 48.5 Å². The van der Waals surface area contributed by atoms with Crippen molar-refractivity contribution in [2.75, 3.05) is 13.1 Å². The first-order valence-electron chi connectivity index (χ1n) is 9.98. The average molecular weight is 433 g/mol. The molecule has 0 spiro atoms. The Bertz CT molecular complexity index is 1180. The molecule has 0 amide bonds. The van der Waals surface area contributed by atoms with Crippen LogP contribution in [0.1, 0.15) is 4.88 Å². The normalized spacial score (nSPS) is 14.3. The Morgan fingerprint density at radius 1 is 1.06 bits per heavy atom. The molecule has 1 N–H and O–H groups in total. The Labute approximate surface area is 183 Å². The third-order valence-electron chi connectivity index (χ3n) is 5.23. The van der Waals surface area contributed by atoms with Gasteiger partial charge in [-0.3, -0.25) is 9.69 Å². The fourth-order valence-electron chi connectivity index (χ4n) is 3.52. The van der Waals surface area contributed by atoms with Crippen molar-refractivity contribution < 1.29 is 19.2 Å². The second kappa shape index (κ2) is 8.37. The number of para-hydroxylation sites is 1. The number of hydrogen-bond acceptors (Lipinski definition) is 6. The van der Waals surface area contributed by atoms with Crippen LogP contribution in [0, 0.1) is 5.92 Å². The number of ether oxygens (including phenoxy) is 1. The summed E-state index contributed by atoms with van der Waals surface area (Å²) in [6.45, 7) is 1.99. The molecule has 7 heteroatoms. The lowest BCUT2D eigenvalue weighted by Gasteiger charge is -2.36. The van der Waals surface area contributed by atoms with Gasteiger partial charge >= 0.3 is 5.97 Å². The maximum absolute atomic E-state index is 10.9. The number of carboxylic acid groups (broad SMARTS) is 1. The van der Waals surface area contributed by atoms with Crippen LogP contribution in [0.15, 0.2) is 77.3 Å². The van der Waals surface area contributed by atoms with Gasteiger partial charge in [-0.15, -0.1) is 11.3 Å². The smallest absolute Gasteiger partial charge is 0.309 e. The molecule has 1 fully saturated rings. The Morgan fingerprint density at radius 3 is 2.55 bits per heavy atom. The van der Waals surface area contributed by atoms with E-state index in [1.807, 2.05) is 66.7 Å². The van der Waals surface area contributed by atoms with Gasteiger partial charge in [0.15, 0.2) is 5.76 Å². The molecule has 0 unspecified atom stereocenters. The van der Waals surface area contributed by atoms with Crippen molar-refractivity contribution in [2.45, 2.75) is 6.54 Å². The van der Waals surface area contributed by atoms with Crippen LogP contribution in [0.2, 0.25) is 0 Å². The van der Waals surface area contributed by atoms with Crippen molar-refractivity contribution in [3.8, 4) is 33.4 Å². The molecule has 0 atom stereocenters. The molecule has 0 aliphatic carbocycles. The standard InChI is InChI=1S/C24H20N2O4S/c27-24(28)17-13-26(14-17)15-20-10-11-23(31-20)21-12-22(30-25-21)16-6-8-19(9-7-16)29-18-4-2-1-3-5-18/h1-12,17H,13-15H2,(H,27,28). The van der Waals surface area contributed by atoms with E-state index < -0.39 is 5.97 Å². The zero-order valence-electron chi connectivity index (χ0n) is 16.6. The van der Waals surface area contributed by atoms with E-state index in [1.54, 1.807) is 11.3 Å². The quantitative estimate of drug-likeness (QED) is 0.423. The lowest BCUT2D eigenvalue weighted by molar-refractivity contribution is -0.147. The average Bonchev–Trinajstić information content (AvgIpc) is 3.41. The number of nitrogens with zero attached hydrogens (tertiary/aromatic N) is 2. The highest BCUT2D eigenvalue weighted by Gasteiger charge is 2.32. The molecular formula is C24H20N2O4S. The fourth-order valence-corrected chi connectivity index (χ4v) is 4.52. The molecule has 0 radical (unpaired) electrons. The molecule has 156 valence electrons. The molecule has 1 aliphatic heterocycles. The van der Waals surface area contributed by atoms with Crippen LogP contribution in [0.5, 0.6) is 11.5 Å². The van der Waals surface area contributed by atoms with Crippen LogP contribution in [-0.4, -0.2) is 34.2 Å². The summed E-state index contributed by atoms with van der Waals surface area (Å²) in [7, 11) is 0. The molecule has 2 aromatic carbocycles. The van der Waals surface area contributed by atoms with Gasteiger partial charge in [0, 0.05) is 36.1 Å². The second-order valence-electron chi connectivity index (χ2n) is 7.51. The summed E-state index contributed by atoms with van der Waals surface area (Å²) < 4.78 is 11.4. The van der Waals surface area contributed by atoms with Gasteiger partial charge in [-0.2, -0.15) is 0 Å². The van der Waals surface area contributed by atoms with Crippen molar-refractivity contribution in [1.29, 1.82) is 0 Å². The van der Waals surface area contributed by atoms with Crippen LogP contribution >= 0.6 is 11.3 Å². The first kappa shape index (κ1) is 19.5. The number of hydrogen-bond donors (Lipinski definition) is 1. The topological polar surface area (TPSA) is 75.8 Å². The van der Waals surface area contributed by atoms with E-state index in [0.717, 1.165) is 34.2 Å². The fraction of sp³-hybridized carbons (Fsp3) is 0.167. The van der Waals surface area contributed by atoms with Crippen molar-refractivity contribution in [3.05, 3.63) is 77.7 Å². The first-order valence-corrected chi connectivity index (χ1v) is 10.8. The van der Waals surface area contributed by atoms with Crippen LogP contribution < -0.4 is 4.74 Å². The van der Waals surface area contributed by atoms with Crippen LogP contribution in [0.4, 0.5) is 0 Å². The van der Waals surface area contributed by atoms with Gasteiger partial charge in [-0.25, -0.2) is 0 Å². The van der Waals surface area contributed by atoms with Gasteiger partial charge in [-0.1, -0.05) is 23.4 Å². The molecule has 2 aromatic heterocycles.